The summed E-state index contributed by atoms with van der Waals surface area (Å²) in [6.07, 6.45) is 0.574. The summed E-state index contributed by atoms with van der Waals surface area (Å²) in [5.41, 5.74) is 4.14. The molecule has 1 unspecified atom stereocenters. The van der Waals surface area contributed by atoms with E-state index in [9.17, 15) is 4.79 Å². The Kier molecular flexibility index (Phi) is 5.51. The Hall–Kier alpha value is -2.38. The van der Waals surface area contributed by atoms with Crippen LogP contribution in [0.15, 0.2) is 53.2 Å². The van der Waals surface area contributed by atoms with Gasteiger partial charge in [0.1, 0.15) is 6.54 Å². The lowest BCUT2D eigenvalue weighted by molar-refractivity contribution is -0.122. The molecule has 0 aliphatic rings. The summed E-state index contributed by atoms with van der Waals surface area (Å²) in [5, 5.41) is 15.4. The lowest BCUT2D eigenvalue weighted by Crippen LogP contribution is -2.29. The van der Waals surface area contributed by atoms with Crippen LogP contribution in [0, 0.1) is 11.3 Å². The molecule has 0 saturated heterocycles. The fraction of sp³-hybridized carbons (Fsp3) is 0.222. The fourth-order valence-corrected chi connectivity index (χ4v) is 2.99. The largest absolute Gasteiger partial charge is 0.342 e. The monoisotopic (exact) mass is 310 g/mol. The molecule has 112 valence electrons. The topological polar surface area (TPSA) is 52.9 Å². The van der Waals surface area contributed by atoms with Gasteiger partial charge in [0.25, 0.3) is 0 Å². The van der Waals surface area contributed by atoms with Gasteiger partial charge in [-0.05, 0) is 46.9 Å². The molecule has 0 saturated carbocycles. The molecule has 1 N–H and O–H groups in total. The van der Waals surface area contributed by atoms with E-state index in [-0.39, 0.29) is 18.4 Å². The molecule has 2 rings (SSSR count). The number of nitrogens with zero attached hydrogens (tertiary/aromatic N) is 1. The molecule has 1 heterocycles. The zero-order valence-corrected chi connectivity index (χ0v) is 13.3. The molecule has 0 spiro atoms. The number of nitrogens with one attached hydrogen (secondary N) is 1. The Morgan fingerprint density at radius 1 is 1.41 bits per heavy atom. The lowest BCUT2D eigenvalue weighted by atomic mass is 9.90. The van der Waals surface area contributed by atoms with Gasteiger partial charge in [-0.1, -0.05) is 29.8 Å². The van der Waals surface area contributed by atoms with Crippen LogP contribution in [-0.2, 0) is 4.79 Å². The van der Waals surface area contributed by atoms with E-state index in [1.165, 1.54) is 0 Å². The van der Waals surface area contributed by atoms with Crippen molar-refractivity contribution in [3.63, 3.8) is 0 Å². The van der Waals surface area contributed by atoms with Gasteiger partial charge in [-0.15, -0.1) is 6.58 Å². The van der Waals surface area contributed by atoms with E-state index in [4.69, 9.17) is 5.26 Å². The average Bonchev–Trinajstić information content (AvgIpc) is 3.04. The molecule has 1 aromatic carbocycles. The molecular formula is C18H18N2OS. The van der Waals surface area contributed by atoms with Gasteiger partial charge in [-0.2, -0.15) is 16.6 Å². The molecule has 1 aromatic heterocycles. The first-order valence-corrected chi connectivity index (χ1v) is 7.97. The first-order valence-electron chi connectivity index (χ1n) is 7.03. The van der Waals surface area contributed by atoms with Gasteiger partial charge in [0.05, 0.1) is 12.0 Å². The maximum absolute atomic E-state index is 12.3. The highest BCUT2D eigenvalue weighted by Crippen LogP contribution is 2.29. The first kappa shape index (κ1) is 16.0. The number of hydrogen-bond acceptors (Lipinski definition) is 3. The minimum absolute atomic E-state index is 0.0236. The molecule has 0 radical (unpaired) electrons. The van der Waals surface area contributed by atoms with Crippen molar-refractivity contribution in [1.82, 2.24) is 5.32 Å². The summed E-state index contributed by atoms with van der Waals surface area (Å²) in [7, 11) is 0. The van der Waals surface area contributed by atoms with Crippen LogP contribution in [0.4, 0.5) is 0 Å². The number of hydrogen-bond donors (Lipinski definition) is 1. The minimum Gasteiger partial charge on any atom is -0.342 e. The molecule has 2 aromatic rings. The Balaban J connectivity index is 2.31. The summed E-state index contributed by atoms with van der Waals surface area (Å²) in [5.74, 6) is -0.448. The molecule has 0 fully saturated rings. The number of thiophene rings is 1. The summed E-state index contributed by atoms with van der Waals surface area (Å²) < 4.78 is 0. The van der Waals surface area contributed by atoms with E-state index in [0.717, 1.165) is 22.3 Å². The third-order valence-electron chi connectivity index (χ3n) is 3.35. The molecule has 0 aliphatic carbocycles. The molecule has 3 nitrogen and oxygen atoms in total. The van der Waals surface area contributed by atoms with Crippen LogP contribution in [-0.4, -0.2) is 12.5 Å². The maximum Gasteiger partial charge on any atom is 0.228 e. The van der Waals surface area contributed by atoms with Gasteiger partial charge in [-0.25, -0.2) is 0 Å². The zero-order valence-electron chi connectivity index (χ0n) is 12.5. The molecule has 1 amide bonds. The second-order valence-corrected chi connectivity index (χ2v) is 6.01. The van der Waals surface area contributed by atoms with Crippen LogP contribution >= 0.6 is 11.3 Å². The van der Waals surface area contributed by atoms with Crippen molar-refractivity contribution in [2.75, 3.05) is 6.54 Å². The van der Waals surface area contributed by atoms with E-state index < -0.39 is 0 Å². The van der Waals surface area contributed by atoms with Gasteiger partial charge < -0.3 is 5.32 Å². The average molecular weight is 310 g/mol. The predicted octanol–water partition coefficient (Wildman–Crippen LogP) is 4.10. The van der Waals surface area contributed by atoms with E-state index in [1.54, 1.807) is 11.3 Å². The standard InChI is InChI=1S/C18H18N2OS/c1-13(2)10-17(18(21)20-8-7-19)15-5-3-4-14(11-15)16-6-9-22-12-16/h3-6,9,11-12,17H,1,8,10H2,2H3,(H,20,21). The minimum atomic E-state index is -0.315. The van der Waals surface area contributed by atoms with Crippen molar-refractivity contribution in [2.45, 2.75) is 19.3 Å². The highest BCUT2D eigenvalue weighted by molar-refractivity contribution is 7.08. The Morgan fingerprint density at radius 3 is 2.86 bits per heavy atom. The smallest absolute Gasteiger partial charge is 0.228 e. The van der Waals surface area contributed by atoms with Crippen LogP contribution < -0.4 is 5.32 Å². The van der Waals surface area contributed by atoms with Crippen molar-refractivity contribution in [3.05, 3.63) is 58.8 Å². The molecule has 0 bridgehead atoms. The molecule has 4 heteroatoms. The summed E-state index contributed by atoms with van der Waals surface area (Å²) in [6.45, 7) is 5.85. The fourth-order valence-electron chi connectivity index (χ4n) is 2.32. The van der Waals surface area contributed by atoms with Crippen molar-refractivity contribution in [2.24, 2.45) is 0 Å². The van der Waals surface area contributed by atoms with Crippen LogP contribution in [0.5, 0.6) is 0 Å². The Bertz CT molecular complexity index is 698. The zero-order chi connectivity index (χ0) is 15.9. The van der Waals surface area contributed by atoms with E-state index in [1.807, 2.05) is 42.6 Å². The van der Waals surface area contributed by atoms with Crippen molar-refractivity contribution < 1.29 is 4.79 Å². The van der Waals surface area contributed by atoms with Crippen LogP contribution in [0.1, 0.15) is 24.8 Å². The van der Waals surface area contributed by atoms with Crippen LogP contribution in [0.2, 0.25) is 0 Å². The Labute approximate surface area is 134 Å². The van der Waals surface area contributed by atoms with Crippen LogP contribution in [0.25, 0.3) is 11.1 Å². The van der Waals surface area contributed by atoms with Crippen molar-refractivity contribution in [3.8, 4) is 17.2 Å². The van der Waals surface area contributed by atoms with Gasteiger partial charge in [0.2, 0.25) is 5.91 Å². The third-order valence-corrected chi connectivity index (χ3v) is 4.04. The SMILES string of the molecule is C=C(C)CC(C(=O)NCC#N)c1cccc(-c2ccsc2)c1. The molecule has 0 aliphatic heterocycles. The van der Waals surface area contributed by atoms with Gasteiger partial charge in [0.15, 0.2) is 0 Å². The normalized spacial score (nSPS) is 11.5. The number of rotatable bonds is 6. The number of carbonyl (C=O) groups is 1. The second-order valence-electron chi connectivity index (χ2n) is 5.23. The van der Waals surface area contributed by atoms with Crippen molar-refractivity contribution in [1.29, 1.82) is 5.26 Å². The number of nitriles is 1. The predicted molar refractivity (Wildman–Crippen MR) is 90.5 cm³/mol. The molecular weight excluding hydrogens is 292 g/mol. The first-order chi connectivity index (χ1) is 10.6. The quantitative estimate of drug-likeness (QED) is 0.645. The number of benzene rings is 1. The van der Waals surface area contributed by atoms with E-state index >= 15 is 0 Å². The number of amides is 1. The third kappa shape index (κ3) is 4.06. The van der Waals surface area contributed by atoms with Gasteiger partial charge in [0, 0.05) is 0 Å². The van der Waals surface area contributed by atoms with Crippen LogP contribution in [0.3, 0.4) is 0 Å². The Morgan fingerprint density at radius 2 is 2.23 bits per heavy atom. The number of carbonyl (C=O) groups excluding carboxylic acids is 1. The highest BCUT2D eigenvalue weighted by atomic mass is 32.1. The van der Waals surface area contributed by atoms with E-state index in [0.29, 0.717) is 6.42 Å². The summed E-state index contributed by atoms with van der Waals surface area (Å²) in [4.78, 5) is 12.3. The summed E-state index contributed by atoms with van der Waals surface area (Å²) >= 11 is 1.65. The molecule has 1 atom stereocenters. The molecule has 22 heavy (non-hydrogen) atoms. The van der Waals surface area contributed by atoms with E-state index in [2.05, 4.69) is 23.3 Å². The van der Waals surface area contributed by atoms with Gasteiger partial charge >= 0.3 is 0 Å². The van der Waals surface area contributed by atoms with Gasteiger partial charge in [-0.3, -0.25) is 4.79 Å². The highest BCUT2D eigenvalue weighted by Gasteiger charge is 2.20. The maximum atomic E-state index is 12.3. The van der Waals surface area contributed by atoms with Crippen molar-refractivity contribution >= 4 is 17.2 Å². The summed E-state index contributed by atoms with van der Waals surface area (Å²) in [6, 6.07) is 12.0. The number of allylic oxidation sites excluding steroid dienone is 1. The second kappa shape index (κ2) is 7.58. The lowest BCUT2D eigenvalue weighted by Gasteiger charge is -2.17.